The molecule has 2 unspecified atom stereocenters. The molecule has 1 fully saturated rings. The van der Waals surface area contributed by atoms with Crippen LogP contribution in [0.15, 0.2) is 42.5 Å². The van der Waals surface area contributed by atoms with Crippen molar-refractivity contribution in [2.45, 2.75) is 77.2 Å². The number of ether oxygens (including phenoxy) is 3. The number of aromatic nitrogens is 1. The zero-order valence-corrected chi connectivity index (χ0v) is 19.2. The highest BCUT2D eigenvalue weighted by Gasteiger charge is 2.36. The first-order valence-corrected chi connectivity index (χ1v) is 11.8. The van der Waals surface area contributed by atoms with Crippen LogP contribution in [-0.2, 0) is 25.5 Å². The summed E-state index contributed by atoms with van der Waals surface area (Å²) in [4.78, 5) is 38.1. The van der Waals surface area contributed by atoms with Gasteiger partial charge in [0.2, 0.25) is 5.78 Å². The van der Waals surface area contributed by atoms with Crippen LogP contribution in [0, 0.1) is 5.92 Å². The van der Waals surface area contributed by atoms with Crippen LogP contribution in [-0.4, -0.2) is 34.9 Å². The molecule has 176 valence electrons. The van der Waals surface area contributed by atoms with Crippen molar-refractivity contribution in [1.29, 1.82) is 0 Å². The summed E-state index contributed by atoms with van der Waals surface area (Å²) in [5.41, 5.74) is 1.90. The van der Waals surface area contributed by atoms with Crippen molar-refractivity contribution in [3.05, 3.63) is 59.4 Å². The van der Waals surface area contributed by atoms with Crippen LogP contribution in [0.3, 0.4) is 0 Å². The Bertz CT molecular complexity index is 989. The minimum absolute atomic E-state index is 0.0790. The molecule has 2 aliphatic rings. The summed E-state index contributed by atoms with van der Waals surface area (Å²) in [6.07, 6.45) is 3.49. The van der Waals surface area contributed by atoms with Crippen LogP contribution in [0.2, 0.25) is 0 Å². The van der Waals surface area contributed by atoms with Crippen molar-refractivity contribution in [1.82, 2.24) is 4.57 Å². The van der Waals surface area contributed by atoms with Gasteiger partial charge in [-0.3, -0.25) is 9.59 Å². The van der Waals surface area contributed by atoms with Crippen molar-refractivity contribution in [2.75, 3.05) is 0 Å². The fourth-order valence-electron chi connectivity index (χ4n) is 4.55. The Morgan fingerprint density at radius 3 is 2.33 bits per heavy atom. The van der Waals surface area contributed by atoms with Gasteiger partial charge in [0.05, 0.1) is 11.6 Å². The number of benzene rings is 1. The molecule has 1 aliphatic carbocycles. The quantitative estimate of drug-likeness (QED) is 0.325. The molecule has 0 radical (unpaired) electrons. The summed E-state index contributed by atoms with van der Waals surface area (Å²) >= 11 is 0. The topological polar surface area (TPSA) is 83.8 Å². The molecule has 0 N–H and O–H groups in total. The van der Waals surface area contributed by atoms with Gasteiger partial charge in [0.15, 0.2) is 0 Å². The van der Waals surface area contributed by atoms with Crippen molar-refractivity contribution in [3.8, 4) is 0 Å². The molecule has 2 aromatic rings. The summed E-state index contributed by atoms with van der Waals surface area (Å²) in [5.74, 6) is -1.28. The molecule has 0 bridgehead atoms. The molecule has 33 heavy (non-hydrogen) atoms. The molecule has 1 aliphatic heterocycles. The van der Waals surface area contributed by atoms with E-state index in [1.165, 1.54) is 0 Å². The van der Waals surface area contributed by atoms with Crippen LogP contribution < -0.4 is 0 Å². The third-order valence-corrected chi connectivity index (χ3v) is 6.37. The van der Waals surface area contributed by atoms with E-state index in [0.29, 0.717) is 24.2 Å². The molecule has 0 saturated heterocycles. The predicted octanol–water partition coefficient (Wildman–Crippen LogP) is 5.22. The molecule has 2 heterocycles. The lowest BCUT2D eigenvalue weighted by Crippen LogP contribution is -2.33. The Balaban J connectivity index is 1.40. The summed E-state index contributed by atoms with van der Waals surface area (Å²) in [6, 6.07) is 12.6. The normalized spacial score (nSPS) is 19.1. The highest BCUT2D eigenvalue weighted by Crippen LogP contribution is 2.33. The first-order valence-electron chi connectivity index (χ1n) is 11.8. The second kappa shape index (κ2) is 10.2. The predicted molar refractivity (Wildman–Crippen MR) is 121 cm³/mol. The van der Waals surface area contributed by atoms with Gasteiger partial charge in [-0.05, 0) is 44.2 Å². The van der Waals surface area contributed by atoms with Gasteiger partial charge in [-0.2, -0.15) is 0 Å². The molecular formula is C26H31NO6. The van der Waals surface area contributed by atoms with Crippen molar-refractivity contribution in [3.63, 3.8) is 0 Å². The Morgan fingerprint density at radius 1 is 0.909 bits per heavy atom. The van der Waals surface area contributed by atoms with Gasteiger partial charge in [0, 0.05) is 23.7 Å². The minimum atomic E-state index is -1.02. The van der Waals surface area contributed by atoms with Crippen LogP contribution in [0.4, 0.5) is 4.79 Å². The highest BCUT2D eigenvalue weighted by molar-refractivity contribution is 6.08. The SMILES string of the molecule is CC(C)C(OC(=O)OC1CCCCC1)OC(=O)C1CCn2c(C(=O)c3ccccc3)ccc21. The highest BCUT2D eigenvalue weighted by atomic mass is 16.8. The van der Waals surface area contributed by atoms with Crippen LogP contribution in [0.1, 0.15) is 80.0 Å². The maximum absolute atomic E-state index is 13.0. The summed E-state index contributed by atoms with van der Waals surface area (Å²) in [6.45, 7) is 4.19. The summed E-state index contributed by atoms with van der Waals surface area (Å²) in [7, 11) is 0. The smallest absolute Gasteiger partial charge is 0.431 e. The van der Waals surface area contributed by atoms with Gasteiger partial charge in [0.1, 0.15) is 6.10 Å². The van der Waals surface area contributed by atoms with Gasteiger partial charge in [-0.15, -0.1) is 0 Å². The monoisotopic (exact) mass is 453 g/mol. The first kappa shape index (κ1) is 23.1. The van der Waals surface area contributed by atoms with E-state index in [4.69, 9.17) is 14.2 Å². The average molecular weight is 454 g/mol. The minimum Gasteiger partial charge on any atom is -0.431 e. The van der Waals surface area contributed by atoms with Gasteiger partial charge in [0.25, 0.3) is 6.29 Å². The molecule has 4 rings (SSSR count). The van der Waals surface area contributed by atoms with Crippen molar-refractivity contribution < 1.29 is 28.6 Å². The number of rotatable bonds is 7. The fourth-order valence-corrected chi connectivity index (χ4v) is 4.55. The van der Waals surface area contributed by atoms with Gasteiger partial charge in [-0.25, -0.2) is 4.79 Å². The molecule has 7 heteroatoms. The number of hydrogen-bond acceptors (Lipinski definition) is 6. The van der Waals surface area contributed by atoms with Gasteiger partial charge >= 0.3 is 12.1 Å². The van der Waals surface area contributed by atoms with E-state index >= 15 is 0 Å². The Labute approximate surface area is 194 Å². The lowest BCUT2D eigenvalue weighted by molar-refractivity contribution is -0.182. The molecule has 1 saturated carbocycles. The summed E-state index contributed by atoms with van der Waals surface area (Å²) < 4.78 is 18.3. The maximum atomic E-state index is 13.0. The van der Waals surface area contributed by atoms with E-state index in [0.717, 1.165) is 37.8 Å². The molecule has 0 amide bonds. The van der Waals surface area contributed by atoms with E-state index in [2.05, 4.69) is 0 Å². The fraction of sp³-hybridized carbons (Fsp3) is 0.500. The number of carbonyl (C=O) groups is 3. The second-order valence-electron chi connectivity index (χ2n) is 9.13. The van der Waals surface area contributed by atoms with E-state index in [-0.39, 0.29) is 17.8 Å². The zero-order chi connectivity index (χ0) is 23.4. The van der Waals surface area contributed by atoms with Crippen LogP contribution in [0.25, 0.3) is 0 Å². The lowest BCUT2D eigenvalue weighted by atomic mass is 9.98. The molecule has 1 aromatic carbocycles. The Morgan fingerprint density at radius 2 is 1.64 bits per heavy atom. The van der Waals surface area contributed by atoms with Crippen molar-refractivity contribution >= 4 is 17.9 Å². The van der Waals surface area contributed by atoms with E-state index in [9.17, 15) is 14.4 Å². The number of esters is 1. The molecular weight excluding hydrogens is 422 g/mol. The van der Waals surface area contributed by atoms with Crippen LogP contribution >= 0.6 is 0 Å². The van der Waals surface area contributed by atoms with E-state index < -0.39 is 24.3 Å². The first-order chi connectivity index (χ1) is 15.9. The van der Waals surface area contributed by atoms with E-state index in [1.807, 2.05) is 36.6 Å². The van der Waals surface area contributed by atoms with Gasteiger partial charge < -0.3 is 18.8 Å². The van der Waals surface area contributed by atoms with E-state index in [1.54, 1.807) is 24.3 Å². The largest absolute Gasteiger partial charge is 0.511 e. The van der Waals surface area contributed by atoms with Gasteiger partial charge in [-0.1, -0.05) is 50.6 Å². The average Bonchev–Trinajstić information content (AvgIpc) is 3.41. The molecule has 0 spiro atoms. The summed E-state index contributed by atoms with van der Waals surface area (Å²) in [5, 5.41) is 0. The second-order valence-corrected chi connectivity index (χ2v) is 9.13. The zero-order valence-electron chi connectivity index (χ0n) is 19.2. The number of nitrogens with zero attached hydrogens (tertiary/aromatic N) is 1. The molecule has 1 aromatic heterocycles. The number of fused-ring (bicyclic) bond motifs is 1. The molecule has 2 atom stereocenters. The molecule has 7 nitrogen and oxygen atoms in total. The number of ketones is 1. The third kappa shape index (κ3) is 5.29. The standard InChI is InChI=1S/C26H31NO6/c1-17(2)25(33-26(30)31-19-11-7-4-8-12-19)32-24(29)20-15-16-27-21(20)13-14-22(27)23(28)18-9-5-3-6-10-18/h3,5-6,9-10,13-14,17,19-20,25H,4,7-8,11-12,15-16H2,1-2H3. The van der Waals surface area contributed by atoms with Crippen molar-refractivity contribution in [2.24, 2.45) is 5.92 Å². The number of carbonyl (C=O) groups excluding carboxylic acids is 3. The third-order valence-electron chi connectivity index (χ3n) is 6.37. The maximum Gasteiger partial charge on any atom is 0.511 e. The Hall–Kier alpha value is -3.09. The van der Waals surface area contributed by atoms with Crippen LogP contribution in [0.5, 0.6) is 0 Å². The number of hydrogen-bond donors (Lipinski definition) is 0. The Kier molecular flexibility index (Phi) is 7.16. The lowest BCUT2D eigenvalue weighted by Gasteiger charge is -2.25.